The van der Waals surface area contributed by atoms with Gasteiger partial charge < -0.3 is 20.1 Å². The number of carbonyl (C=O) groups excluding carboxylic acids is 1. The molecule has 0 bridgehead atoms. The Balaban J connectivity index is 1.79. The van der Waals surface area contributed by atoms with E-state index in [0.717, 1.165) is 4.88 Å². The van der Waals surface area contributed by atoms with E-state index in [1.807, 2.05) is 0 Å². The second kappa shape index (κ2) is 6.99. The lowest BCUT2D eigenvalue weighted by atomic mass is 10.0. The van der Waals surface area contributed by atoms with Gasteiger partial charge in [0.2, 0.25) is 0 Å². The van der Waals surface area contributed by atoms with Gasteiger partial charge in [-0.2, -0.15) is 0 Å². The molecular formula is C20H17FN4O3S. The number of halogens is 1. The zero-order valence-electron chi connectivity index (χ0n) is 15.7. The van der Waals surface area contributed by atoms with Crippen LogP contribution in [0.3, 0.4) is 0 Å². The highest BCUT2D eigenvalue weighted by molar-refractivity contribution is 7.14. The second-order valence-corrected chi connectivity index (χ2v) is 7.91. The van der Waals surface area contributed by atoms with Crippen LogP contribution >= 0.6 is 11.3 Å². The predicted octanol–water partition coefficient (Wildman–Crippen LogP) is 1.98. The fourth-order valence-electron chi connectivity index (χ4n) is 2.96. The van der Waals surface area contributed by atoms with Crippen molar-refractivity contribution in [2.45, 2.75) is 18.9 Å². The number of aromatic nitrogens is 3. The third-order valence-corrected chi connectivity index (χ3v) is 5.59. The van der Waals surface area contributed by atoms with E-state index in [0.29, 0.717) is 35.7 Å². The van der Waals surface area contributed by atoms with E-state index in [2.05, 4.69) is 21.8 Å². The van der Waals surface area contributed by atoms with Crippen molar-refractivity contribution < 1.29 is 19.0 Å². The maximum absolute atomic E-state index is 14.6. The molecule has 1 atom stereocenters. The van der Waals surface area contributed by atoms with Gasteiger partial charge >= 0.3 is 0 Å². The maximum atomic E-state index is 14.6. The Bertz CT molecular complexity index is 1190. The lowest BCUT2D eigenvalue weighted by Gasteiger charge is -2.13. The molecule has 0 aliphatic carbocycles. The number of carbonyl (C=O) groups is 1. The van der Waals surface area contributed by atoms with E-state index in [9.17, 15) is 14.3 Å². The number of ether oxygens (including phenoxy) is 1. The number of nitrogens with two attached hydrogens (primary N) is 1. The Labute approximate surface area is 170 Å². The summed E-state index contributed by atoms with van der Waals surface area (Å²) in [6.07, 6.45) is 3.72. The van der Waals surface area contributed by atoms with E-state index < -0.39 is 17.3 Å². The average Bonchev–Trinajstić information content (AvgIpc) is 3.25. The normalized spacial score (nSPS) is 14.5. The molecule has 0 spiro atoms. The molecule has 3 heterocycles. The van der Waals surface area contributed by atoms with E-state index in [4.69, 9.17) is 10.5 Å². The van der Waals surface area contributed by atoms with Gasteiger partial charge in [-0.1, -0.05) is 11.8 Å². The maximum Gasteiger partial charge on any atom is 0.277 e. The van der Waals surface area contributed by atoms with Crippen molar-refractivity contribution in [1.82, 2.24) is 14.5 Å². The summed E-state index contributed by atoms with van der Waals surface area (Å²) < 4.78 is 22.0. The van der Waals surface area contributed by atoms with Crippen molar-refractivity contribution in [3.05, 3.63) is 51.6 Å². The SMILES string of the molecule is Cn1cnc(C(C)(O)C#Cc2cc3c(cc2F)OCCc2sc(C(N)=O)nc2-3)c1. The molecule has 0 saturated heterocycles. The smallest absolute Gasteiger partial charge is 0.277 e. The standard InChI is InChI=1S/C20H17FN4O3S/c1-20(27,16-9-25(2)10-23-16)5-3-11-7-12-14(8-13(11)21)28-6-4-15-17(12)24-19(29-15)18(22)26/h7-10,27H,4,6H2,1-2H3,(H2,22,26). The Morgan fingerprint density at radius 2 is 2.28 bits per heavy atom. The van der Waals surface area contributed by atoms with Crippen LogP contribution in [0.5, 0.6) is 5.75 Å². The van der Waals surface area contributed by atoms with E-state index in [1.54, 1.807) is 24.1 Å². The molecule has 148 valence electrons. The second-order valence-electron chi connectivity index (χ2n) is 6.83. The summed E-state index contributed by atoms with van der Waals surface area (Å²) in [6.45, 7) is 1.82. The summed E-state index contributed by atoms with van der Waals surface area (Å²) in [7, 11) is 1.78. The lowest BCUT2D eigenvalue weighted by molar-refractivity contribution is 0.0999. The molecule has 0 radical (unpaired) electrons. The molecule has 1 aliphatic rings. The molecular weight excluding hydrogens is 395 g/mol. The third-order valence-electron chi connectivity index (χ3n) is 4.46. The molecule has 1 unspecified atom stereocenters. The summed E-state index contributed by atoms with van der Waals surface area (Å²) in [5.74, 6) is 4.50. The van der Waals surface area contributed by atoms with Crippen LogP contribution in [-0.4, -0.2) is 32.2 Å². The van der Waals surface area contributed by atoms with Crippen molar-refractivity contribution in [1.29, 1.82) is 0 Å². The Morgan fingerprint density at radius 1 is 1.48 bits per heavy atom. The lowest BCUT2D eigenvalue weighted by Crippen LogP contribution is -2.19. The number of amides is 1. The summed E-state index contributed by atoms with van der Waals surface area (Å²) in [5, 5.41) is 10.8. The van der Waals surface area contributed by atoms with Crippen LogP contribution in [0.4, 0.5) is 4.39 Å². The highest BCUT2D eigenvalue weighted by atomic mass is 32.1. The van der Waals surface area contributed by atoms with Crippen LogP contribution in [0.25, 0.3) is 11.3 Å². The number of nitrogens with zero attached hydrogens (tertiary/aromatic N) is 3. The molecule has 4 rings (SSSR count). The van der Waals surface area contributed by atoms with Gasteiger partial charge in [-0.25, -0.2) is 14.4 Å². The molecule has 29 heavy (non-hydrogen) atoms. The Kier molecular flexibility index (Phi) is 4.61. The molecule has 3 N–H and O–H groups in total. The predicted molar refractivity (Wildman–Crippen MR) is 105 cm³/mol. The van der Waals surface area contributed by atoms with Crippen LogP contribution in [0.1, 0.15) is 32.9 Å². The molecule has 9 heteroatoms. The minimum Gasteiger partial charge on any atom is -0.492 e. The highest BCUT2D eigenvalue weighted by Crippen LogP contribution is 2.38. The topological polar surface area (TPSA) is 103 Å². The molecule has 0 fully saturated rings. The van der Waals surface area contributed by atoms with Crippen molar-refractivity contribution in [3.63, 3.8) is 0 Å². The van der Waals surface area contributed by atoms with Gasteiger partial charge in [0.15, 0.2) is 10.6 Å². The fraction of sp³-hybridized carbons (Fsp3) is 0.250. The van der Waals surface area contributed by atoms with E-state index in [-0.39, 0.29) is 10.6 Å². The monoisotopic (exact) mass is 412 g/mol. The number of primary amides is 1. The summed E-state index contributed by atoms with van der Waals surface area (Å²) in [4.78, 5) is 20.8. The molecule has 3 aromatic rings. The van der Waals surface area contributed by atoms with Crippen molar-refractivity contribution >= 4 is 17.2 Å². The number of thiazole rings is 1. The zero-order chi connectivity index (χ0) is 20.8. The van der Waals surface area contributed by atoms with E-state index in [1.165, 1.54) is 30.4 Å². The van der Waals surface area contributed by atoms with E-state index >= 15 is 0 Å². The molecule has 1 aromatic carbocycles. The Morgan fingerprint density at radius 3 is 2.97 bits per heavy atom. The van der Waals surface area contributed by atoms with Gasteiger partial charge in [-0.05, 0) is 13.0 Å². The minimum absolute atomic E-state index is 0.0741. The van der Waals surface area contributed by atoms with Gasteiger partial charge in [-0.3, -0.25) is 4.79 Å². The number of aliphatic hydroxyl groups is 1. The first-order valence-electron chi connectivity index (χ1n) is 8.75. The van der Waals surface area contributed by atoms with Crippen LogP contribution in [-0.2, 0) is 19.1 Å². The number of hydrogen-bond donors (Lipinski definition) is 2. The zero-order valence-corrected chi connectivity index (χ0v) is 16.5. The first-order valence-corrected chi connectivity index (χ1v) is 9.56. The largest absolute Gasteiger partial charge is 0.492 e. The number of rotatable bonds is 2. The molecule has 2 aromatic heterocycles. The number of imidazole rings is 1. The number of hydrogen-bond acceptors (Lipinski definition) is 6. The van der Waals surface area contributed by atoms with Gasteiger partial charge in [0.1, 0.15) is 17.3 Å². The average molecular weight is 412 g/mol. The first kappa shape index (κ1) is 19.1. The molecule has 7 nitrogen and oxygen atoms in total. The van der Waals surface area contributed by atoms with Crippen LogP contribution in [0, 0.1) is 17.7 Å². The van der Waals surface area contributed by atoms with Crippen molar-refractivity contribution in [2.75, 3.05) is 6.61 Å². The minimum atomic E-state index is -1.55. The van der Waals surface area contributed by atoms with Gasteiger partial charge in [0.05, 0.1) is 24.2 Å². The molecule has 1 aliphatic heterocycles. The van der Waals surface area contributed by atoms with Crippen LogP contribution in [0.2, 0.25) is 0 Å². The quantitative estimate of drug-likeness (QED) is 0.627. The van der Waals surface area contributed by atoms with Crippen LogP contribution < -0.4 is 10.5 Å². The van der Waals surface area contributed by atoms with Crippen LogP contribution in [0.15, 0.2) is 24.7 Å². The van der Waals surface area contributed by atoms with Gasteiger partial charge in [0, 0.05) is 36.2 Å². The summed E-state index contributed by atoms with van der Waals surface area (Å²) >= 11 is 1.20. The summed E-state index contributed by atoms with van der Waals surface area (Å²) in [6, 6.07) is 2.76. The highest BCUT2D eigenvalue weighted by Gasteiger charge is 2.25. The first-order chi connectivity index (χ1) is 13.7. The third kappa shape index (κ3) is 3.60. The number of benzene rings is 1. The number of fused-ring (bicyclic) bond motifs is 3. The fourth-order valence-corrected chi connectivity index (χ4v) is 3.87. The van der Waals surface area contributed by atoms with Crippen molar-refractivity contribution in [2.24, 2.45) is 12.8 Å². The van der Waals surface area contributed by atoms with Crippen molar-refractivity contribution in [3.8, 4) is 28.8 Å². The molecule has 1 amide bonds. The van der Waals surface area contributed by atoms with Gasteiger partial charge in [0.25, 0.3) is 5.91 Å². The summed E-state index contributed by atoms with van der Waals surface area (Å²) in [5.41, 5.74) is 5.30. The Hall–Kier alpha value is -3.22. The van der Waals surface area contributed by atoms with Gasteiger partial charge in [-0.15, -0.1) is 11.3 Å². The number of aryl methyl sites for hydroxylation is 1. The molecule has 0 saturated carbocycles.